The molecule has 19 heavy (non-hydrogen) atoms. The molecule has 1 aliphatic carbocycles. The van der Waals surface area contributed by atoms with Gasteiger partial charge in [-0.15, -0.1) is 0 Å². The van der Waals surface area contributed by atoms with Crippen LogP contribution in [0, 0.1) is 5.92 Å². The van der Waals surface area contributed by atoms with Gasteiger partial charge in [0.15, 0.2) is 0 Å². The first kappa shape index (κ1) is 13.9. The molecule has 2 atom stereocenters. The number of hydrogen-bond donors (Lipinski definition) is 2. The van der Waals surface area contributed by atoms with Crippen LogP contribution in [0.15, 0.2) is 24.3 Å². The third-order valence-corrected chi connectivity index (χ3v) is 4.05. The fourth-order valence-corrected chi connectivity index (χ4v) is 2.59. The Morgan fingerprint density at radius 1 is 1.58 bits per heavy atom. The molecule has 0 heterocycles. The molecule has 1 aliphatic rings. The fourth-order valence-electron chi connectivity index (χ4n) is 2.59. The monoisotopic (exact) mass is 263 g/mol. The largest absolute Gasteiger partial charge is 0.497 e. The van der Waals surface area contributed by atoms with Crippen LogP contribution in [-0.2, 0) is 0 Å². The van der Waals surface area contributed by atoms with E-state index in [0.29, 0.717) is 17.9 Å². The fraction of sp³-hybridized carbons (Fsp3) is 0.533. The van der Waals surface area contributed by atoms with Gasteiger partial charge in [-0.2, -0.15) is 0 Å². The molecular formula is C15H21NO3. The maximum Gasteiger partial charge on any atom is 0.251 e. The summed E-state index contributed by atoms with van der Waals surface area (Å²) >= 11 is 0. The molecule has 0 bridgehead atoms. The van der Waals surface area contributed by atoms with E-state index >= 15 is 0 Å². The molecule has 1 aromatic rings. The lowest BCUT2D eigenvalue weighted by Gasteiger charge is -2.27. The van der Waals surface area contributed by atoms with Crippen LogP contribution in [0.25, 0.3) is 0 Å². The summed E-state index contributed by atoms with van der Waals surface area (Å²) in [6.07, 6.45) is 2.80. The Labute approximate surface area is 113 Å². The Kier molecular flexibility index (Phi) is 4.10. The SMILES string of the molecule is COc1cccc(C(=O)NC[C@@]2(O)CCC[C@H]2C)c1. The van der Waals surface area contributed by atoms with Crippen molar-refractivity contribution in [2.45, 2.75) is 31.8 Å². The van der Waals surface area contributed by atoms with Crippen molar-refractivity contribution < 1.29 is 14.6 Å². The van der Waals surface area contributed by atoms with Crippen molar-refractivity contribution in [2.75, 3.05) is 13.7 Å². The minimum Gasteiger partial charge on any atom is -0.497 e. The highest BCUT2D eigenvalue weighted by molar-refractivity contribution is 5.94. The van der Waals surface area contributed by atoms with Gasteiger partial charge in [0.25, 0.3) is 5.91 Å². The van der Waals surface area contributed by atoms with Gasteiger partial charge in [-0.1, -0.05) is 19.4 Å². The number of hydrogen-bond acceptors (Lipinski definition) is 3. The number of nitrogens with one attached hydrogen (secondary N) is 1. The quantitative estimate of drug-likeness (QED) is 0.873. The third-order valence-electron chi connectivity index (χ3n) is 4.05. The van der Waals surface area contributed by atoms with E-state index in [9.17, 15) is 9.90 Å². The summed E-state index contributed by atoms with van der Waals surface area (Å²) in [5, 5.41) is 13.2. The molecular weight excluding hydrogens is 242 g/mol. The van der Waals surface area contributed by atoms with Crippen LogP contribution in [0.1, 0.15) is 36.5 Å². The lowest BCUT2D eigenvalue weighted by Crippen LogP contribution is -2.44. The van der Waals surface area contributed by atoms with Gasteiger partial charge in [0.2, 0.25) is 0 Å². The summed E-state index contributed by atoms with van der Waals surface area (Å²) in [4.78, 5) is 12.0. The van der Waals surface area contributed by atoms with Crippen LogP contribution in [0.3, 0.4) is 0 Å². The second kappa shape index (κ2) is 5.61. The Bertz CT molecular complexity index is 460. The van der Waals surface area contributed by atoms with Crippen LogP contribution in [0.4, 0.5) is 0 Å². The smallest absolute Gasteiger partial charge is 0.251 e. The van der Waals surface area contributed by atoms with Crippen molar-refractivity contribution in [2.24, 2.45) is 5.92 Å². The Hall–Kier alpha value is -1.55. The molecule has 1 saturated carbocycles. The number of benzene rings is 1. The van der Waals surface area contributed by atoms with Crippen molar-refractivity contribution in [1.82, 2.24) is 5.32 Å². The zero-order valence-corrected chi connectivity index (χ0v) is 11.5. The molecule has 0 aromatic heterocycles. The number of carbonyl (C=O) groups excluding carboxylic acids is 1. The molecule has 1 amide bonds. The highest BCUT2D eigenvalue weighted by Crippen LogP contribution is 2.34. The number of carbonyl (C=O) groups is 1. The van der Waals surface area contributed by atoms with Gasteiger partial charge in [-0.05, 0) is 37.0 Å². The summed E-state index contributed by atoms with van der Waals surface area (Å²) in [5.41, 5.74) is -0.206. The highest BCUT2D eigenvalue weighted by atomic mass is 16.5. The van der Waals surface area contributed by atoms with Gasteiger partial charge in [0.1, 0.15) is 5.75 Å². The molecule has 0 aliphatic heterocycles. The van der Waals surface area contributed by atoms with E-state index in [1.165, 1.54) is 0 Å². The first-order valence-electron chi connectivity index (χ1n) is 6.70. The van der Waals surface area contributed by atoms with Gasteiger partial charge >= 0.3 is 0 Å². The normalized spacial score (nSPS) is 26.2. The number of methoxy groups -OCH3 is 1. The molecule has 2 N–H and O–H groups in total. The molecule has 0 spiro atoms. The first-order chi connectivity index (χ1) is 9.05. The summed E-state index contributed by atoms with van der Waals surface area (Å²) in [6, 6.07) is 7.00. The van der Waals surface area contributed by atoms with Crippen molar-refractivity contribution in [3.63, 3.8) is 0 Å². The van der Waals surface area contributed by atoms with E-state index in [0.717, 1.165) is 19.3 Å². The van der Waals surface area contributed by atoms with Crippen LogP contribution < -0.4 is 10.1 Å². The topological polar surface area (TPSA) is 58.6 Å². The molecule has 4 heteroatoms. The van der Waals surface area contributed by atoms with Gasteiger partial charge in [-0.3, -0.25) is 4.79 Å². The van der Waals surface area contributed by atoms with Crippen molar-refractivity contribution in [3.8, 4) is 5.75 Å². The standard InChI is InChI=1S/C15H21NO3/c1-11-5-4-8-15(11,18)10-16-14(17)12-6-3-7-13(9-12)19-2/h3,6-7,9,11,18H,4-5,8,10H2,1-2H3,(H,16,17)/t11-,15+/m1/s1. The van der Waals surface area contributed by atoms with Crippen LogP contribution >= 0.6 is 0 Å². The van der Waals surface area contributed by atoms with E-state index in [-0.39, 0.29) is 11.8 Å². The lowest BCUT2D eigenvalue weighted by molar-refractivity contribution is 0.0101. The minimum absolute atomic E-state index is 0.175. The van der Waals surface area contributed by atoms with E-state index in [2.05, 4.69) is 5.32 Å². The second-order valence-electron chi connectivity index (χ2n) is 5.31. The Morgan fingerprint density at radius 3 is 3.00 bits per heavy atom. The van der Waals surface area contributed by atoms with Crippen molar-refractivity contribution >= 4 is 5.91 Å². The Balaban J connectivity index is 1.97. The number of amides is 1. The highest BCUT2D eigenvalue weighted by Gasteiger charge is 2.38. The molecule has 104 valence electrons. The minimum atomic E-state index is -0.755. The van der Waals surface area contributed by atoms with Gasteiger partial charge < -0.3 is 15.2 Å². The predicted octanol–water partition coefficient (Wildman–Crippen LogP) is 1.98. The zero-order chi connectivity index (χ0) is 13.9. The molecule has 0 radical (unpaired) electrons. The van der Waals surface area contributed by atoms with Gasteiger partial charge in [0.05, 0.1) is 12.7 Å². The van der Waals surface area contributed by atoms with E-state index < -0.39 is 5.60 Å². The van der Waals surface area contributed by atoms with Crippen LogP contribution in [0.2, 0.25) is 0 Å². The Morgan fingerprint density at radius 2 is 2.37 bits per heavy atom. The molecule has 2 rings (SSSR count). The summed E-state index contributed by atoms with van der Waals surface area (Å²) < 4.78 is 5.09. The van der Waals surface area contributed by atoms with Crippen LogP contribution in [0.5, 0.6) is 5.75 Å². The lowest BCUT2D eigenvalue weighted by atomic mass is 9.92. The maximum atomic E-state index is 12.0. The first-order valence-corrected chi connectivity index (χ1v) is 6.70. The third kappa shape index (κ3) is 3.07. The van der Waals surface area contributed by atoms with Gasteiger partial charge in [0, 0.05) is 12.1 Å². The summed E-state index contributed by atoms with van der Waals surface area (Å²) in [6.45, 7) is 2.34. The van der Waals surface area contributed by atoms with E-state index in [1.54, 1.807) is 31.4 Å². The number of rotatable bonds is 4. The molecule has 1 aromatic carbocycles. The van der Waals surface area contributed by atoms with Gasteiger partial charge in [-0.25, -0.2) is 0 Å². The molecule has 1 fully saturated rings. The average Bonchev–Trinajstić information content (AvgIpc) is 2.76. The molecule has 0 unspecified atom stereocenters. The zero-order valence-electron chi connectivity index (χ0n) is 11.5. The number of ether oxygens (including phenoxy) is 1. The average molecular weight is 263 g/mol. The van der Waals surface area contributed by atoms with E-state index in [1.807, 2.05) is 6.92 Å². The molecule has 4 nitrogen and oxygen atoms in total. The van der Waals surface area contributed by atoms with Crippen molar-refractivity contribution in [1.29, 1.82) is 0 Å². The summed E-state index contributed by atoms with van der Waals surface area (Å²) in [5.74, 6) is 0.713. The maximum absolute atomic E-state index is 12.0. The van der Waals surface area contributed by atoms with E-state index in [4.69, 9.17) is 4.74 Å². The number of aliphatic hydroxyl groups is 1. The summed E-state index contributed by atoms with van der Waals surface area (Å²) in [7, 11) is 1.57. The predicted molar refractivity (Wildman–Crippen MR) is 73.3 cm³/mol. The van der Waals surface area contributed by atoms with Crippen molar-refractivity contribution in [3.05, 3.63) is 29.8 Å². The van der Waals surface area contributed by atoms with Crippen LogP contribution in [-0.4, -0.2) is 30.3 Å². The second-order valence-corrected chi connectivity index (χ2v) is 5.31. The molecule has 0 saturated heterocycles.